The van der Waals surface area contributed by atoms with Gasteiger partial charge in [-0.3, -0.25) is 4.55 Å². The maximum atomic E-state index is 13.0. The predicted molar refractivity (Wildman–Crippen MR) is 138 cm³/mol. The van der Waals surface area contributed by atoms with Crippen molar-refractivity contribution < 1.29 is 39.3 Å². The van der Waals surface area contributed by atoms with Gasteiger partial charge >= 0.3 is 0 Å². The van der Waals surface area contributed by atoms with E-state index in [-0.39, 0.29) is 31.1 Å². The van der Waals surface area contributed by atoms with E-state index in [0.29, 0.717) is 5.75 Å². The van der Waals surface area contributed by atoms with E-state index in [4.69, 9.17) is 9.47 Å². The van der Waals surface area contributed by atoms with Crippen LogP contribution in [0.25, 0.3) is 0 Å². The number of aryl methyl sites for hydroxylation is 1. The number of hydrogen-bond acceptors (Lipinski definition) is 8. The van der Waals surface area contributed by atoms with Crippen LogP contribution in [0.15, 0.2) is 115 Å². The van der Waals surface area contributed by atoms with E-state index in [1.807, 2.05) is 0 Å². The second-order valence-electron chi connectivity index (χ2n) is 8.15. The first-order chi connectivity index (χ1) is 17.8. The Morgan fingerprint density at radius 2 is 1.00 bits per heavy atom. The van der Waals surface area contributed by atoms with Gasteiger partial charge < -0.3 is 9.47 Å². The van der Waals surface area contributed by atoms with Crippen LogP contribution < -0.4 is 9.47 Å². The summed E-state index contributed by atoms with van der Waals surface area (Å²) >= 11 is 0. The van der Waals surface area contributed by atoms with Gasteiger partial charge in [0, 0.05) is 0 Å². The standard InChI is InChI=1S/C26H22O9S3/c1-18-3-9-21(10-4-18)37(29,30)24-15-16-25(26(17-24)38(31,32)33)35-20-7-13-23(14-8-20)36(27,28)22-11-5-19(34-2)6-12-22/h3-17H,1-2H3,(H,31,32,33). The molecular formula is C26H22O9S3. The Morgan fingerprint density at radius 3 is 1.47 bits per heavy atom. The highest BCUT2D eigenvalue weighted by Crippen LogP contribution is 2.34. The summed E-state index contributed by atoms with van der Waals surface area (Å²) in [5.74, 6) is 0.207. The van der Waals surface area contributed by atoms with E-state index in [1.54, 1.807) is 19.1 Å². The third-order valence-corrected chi connectivity index (χ3v) is 9.99. The van der Waals surface area contributed by atoms with Crippen LogP contribution in [0.5, 0.6) is 17.2 Å². The fourth-order valence-corrected chi connectivity index (χ4v) is 6.76. The molecule has 0 fully saturated rings. The molecule has 0 heterocycles. The molecule has 9 nitrogen and oxygen atoms in total. The maximum absolute atomic E-state index is 13.0. The molecule has 0 aromatic heterocycles. The fourth-order valence-electron chi connectivity index (χ4n) is 3.50. The lowest BCUT2D eigenvalue weighted by molar-refractivity contribution is 0.414. The minimum absolute atomic E-state index is 0.0374. The summed E-state index contributed by atoms with van der Waals surface area (Å²) in [6.45, 7) is 1.79. The quantitative estimate of drug-likeness (QED) is 0.296. The van der Waals surface area contributed by atoms with Gasteiger partial charge in [-0.1, -0.05) is 17.7 Å². The lowest BCUT2D eigenvalue weighted by Crippen LogP contribution is -2.07. The van der Waals surface area contributed by atoms with E-state index in [9.17, 15) is 29.8 Å². The van der Waals surface area contributed by atoms with E-state index >= 15 is 0 Å². The van der Waals surface area contributed by atoms with Crippen LogP contribution in [0.3, 0.4) is 0 Å². The molecule has 198 valence electrons. The molecule has 1 N–H and O–H groups in total. The normalized spacial score (nSPS) is 12.2. The molecule has 0 spiro atoms. The lowest BCUT2D eigenvalue weighted by atomic mass is 10.2. The maximum Gasteiger partial charge on any atom is 0.298 e. The molecule has 0 saturated carbocycles. The number of rotatable bonds is 8. The van der Waals surface area contributed by atoms with Gasteiger partial charge in [-0.05, 0) is 85.8 Å². The fraction of sp³-hybridized carbons (Fsp3) is 0.0769. The van der Waals surface area contributed by atoms with Crippen LogP contribution in [-0.4, -0.2) is 36.9 Å². The number of hydrogen-bond donors (Lipinski definition) is 1. The largest absolute Gasteiger partial charge is 0.497 e. The van der Waals surface area contributed by atoms with Crippen LogP contribution in [0.2, 0.25) is 0 Å². The van der Waals surface area contributed by atoms with Crippen molar-refractivity contribution in [3.05, 3.63) is 96.6 Å². The molecular weight excluding hydrogens is 552 g/mol. The van der Waals surface area contributed by atoms with Crippen LogP contribution in [0.4, 0.5) is 0 Å². The Kier molecular flexibility index (Phi) is 7.35. The molecule has 0 saturated heterocycles. The summed E-state index contributed by atoms with van der Waals surface area (Å²) in [6.07, 6.45) is 0. The molecule has 38 heavy (non-hydrogen) atoms. The number of sulfone groups is 2. The van der Waals surface area contributed by atoms with Crippen LogP contribution in [-0.2, 0) is 29.8 Å². The van der Waals surface area contributed by atoms with E-state index in [2.05, 4.69) is 0 Å². The third-order valence-electron chi connectivity index (χ3n) is 5.57. The molecule has 0 aliphatic heterocycles. The van der Waals surface area contributed by atoms with Crippen molar-refractivity contribution in [3.8, 4) is 17.2 Å². The van der Waals surface area contributed by atoms with Crippen LogP contribution in [0.1, 0.15) is 5.56 Å². The monoisotopic (exact) mass is 574 g/mol. The highest BCUT2D eigenvalue weighted by Gasteiger charge is 2.25. The van der Waals surface area contributed by atoms with Gasteiger partial charge in [0.25, 0.3) is 10.1 Å². The second kappa shape index (κ2) is 10.2. The molecule has 12 heteroatoms. The summed E-state index contributed by atoms with van der Waals surface area (Å²) < 4.78 is 96.4. The Hall–Kier alpha value is -3.71. The van der Waals surface area contributed by atoms with Crippen molar-refractivity contribution in [1.82, 2.24) is 0 Å². The summed E-state index contributed by atoms with van der Waals surface area (Å²) in [6, 6.07) is 20.1. The zero-order valence-electron chi connectivity index (χ0n) is 20.1. The van der Waals surface area contributed by atoms with Crippen molar-refractivity contribution in [2.45, 2.75) is 31.4 Å². The number of methoxy groups -OCH3 is 1. The number of benzene rings is 4. The first-order valence-electron chi connectivity index (χ1n) is 10.9. The highest BCUT2D eigenvalue weighted by molar-refractivity contribution is 7.92. The van der Waals surface area contributed by atoms with Crippen LogP contribution >= 0.6 is 0 Å². The SMILES string of the molecule is COc1ccc(S(=O)(=O)c2ccc(Oc3ccc(S(=O)(=O)c4ccc(C)cc4)cc3S(=O)(=O)O)cc2)cc1. The summed E-state index contributed by atoms with van der Waals surface area (Å²) in [5.41, 5.74) is 0.842. The molecule has 0 amide bonds. The average Bonchev–Trinajstić information content (AvgIpc) is 2.89. The molecule has 0 bridgehead atoms. The lowest BCUT2D eigenvalue weighted by Gasteiger charge is -2.12. The topological polar surface area (TPSA) is 141 Å². The molecule has 4 aromatic rings. The first kappa shape index (κ1) is 27.3. The second-order valence-corrected chi connectivity index (χ2v) is 13.4. The van der Waals surface area contributed by atoms with Gasteiger partial charge in [-0.15, -0.1) is 0 Å². The molecule has 0 atom stereocenters. The van der Waals surface area contributed by atoms with Gasteiger partial charge in [0.15, 0.2) is 0 Å². The Bertz CT molecular complexity index is 1790. The van der Waals surface area contributed by atoms with Gasteiger partial charge in [-0.2, -0.15) is 8.42 Å². The van der Waals surface area contributed by atoms with Gasteiger partial charge in [-0.25, -0.2) is 16.8 Å². The molecule has 0 radical (unpaired) electrons. The zero-order chi connectivity index (χ0) is 27.7. The molecule has 0 aliphatic rings. The Morgan fingerprint density at radius 1 is 0.579 bits per heavy atom. The minimum Gasteiger partial charge on any atom is -0.497 e. The highest BCUT2D eigenvalue weighted by atomic mass is 32.2. The van der Waals surface area contributed by atoms with Crippen molar-refractivity contribution >= 4 is 29.8 Å². The molecule has 4 rings (SSSR count). The van der Waals surface area contributed by atoms with Crippen LogP contribution in [0, 0.1) is 6.92 Å². The Labute approximate surface area is 220 Å². The predicted octanol–water partition coefficient (Wildman–Crippen LogP) is 4.71. The van der Waals surface area contributed by atoms with E-state index in [0.717, 1.165) is 23.8 Å². The van der Waals surface area contributed by atoms with Crippen molar-refractivity contribution in [2.75, 3.05) is 7.11 Å². The molecule has 0 unspecified atom stereocenters. The summed E-state index contributed by atoms with van der Waals surface area (Å²) in [4.78, 5) is -1.16. The number of ether oxygens (including phenoxy) is 2. The Balaban J connectivity index is 1.65. The van der Waals surface area contributed by atoms with Crippen molar-refractivity contribution in [1.29, 1.82) is 0 Å². The molecule has 4 aromatic carbocycles. The van der Waals surface area contributed by atoms with Gasteiger partial charge in [0.2, 0.25) is 19.7 Å². The van der Waals surface area contributed by atoms with Crippen molar-refractivity contribution in [3.63, 3.8) is 0 Å². The van der Waals surface area contributed by atoms with E-state index < -0.39 is 34.7 Å². The van der Waals surface area contributed by atoms with E-state index in [1.165, 1.54) is 67.8 Å². The molecule has 0 aliphatic carbocycles. The average molecular weight is 575 g/mol. The van der Waals surface area contributed by atoms with Gasteiger partial charge in [0.1, 0.15) is 22.1 Å². The summed E-state index contributed by atoms with van der Waals surface area (Å²) in [5, 5.41) is 0. The van der Waals surface area contributed by atoms with Crippen molar-refractivity contribution in [2.24, 2.45) is 0 Å². The third kappa shape index (κ3) is 5.58. The zero-order valence-corrected chi connectivity index (χ0v) is 22.5. The minimum atomic E-state index is -4.89. The summed E-state index contributed by atoms with van der Waals surface area (Å²) in [7, 11) is -11.4. The van der Waals surface area contributed by atoms with Gasteiger partial charge in [0.05, 0.1) is 26.7 Å². The first-order valence-corrected chi connectivity index (χ1v) is 15.3. The smallest absolute Gasteiger partial charge is 0.298 e.